The molecule has 0 heterocycles. The fraction of sp³-hybridized carbons (Fsp3) is 0.571. The maximum absolute atomic E-state index is 10.1. The maximum Gasteiger partial charge on any atom is 0.330 e. The van der Waals surface area contributed by atoms with Gasteiger partial charge in [0.15, 0.2) is 0 Å². The van der Waals surface area contributed by atoms with Crippen LogP contribution in [0, 0.1) is 5.41 Å². The highest BCUT2D eigenvalue weighted by molar-refractivity contribution is 5.81. The van der Waals surface area contributed by atoms with Crippen LogP contribution in [0.3, 0.4) is 0 Å². The Morgan fingerprint density at radius 3 is 0.933 bits per heavy atom. The van der Waals surface area contributed by atoms with Crippen molar-refractivity contribution in [3.63, 3.8) is 0 Å². The van der Waals surface area contributed by atoms with Crippen molar-refractivity contribution in [1.29, 1.82) is 0 Å². The minimum atomic E-state index is -0.667. The second-order valence-electron chi connectivity index (χ2n) is 5.20. The minimum Gasteiger partial charge on any atom is -0.463 e. The molecule has 9 heteroatoms. The average molecular weight is 435 g/mol. The molecular formula is C21H38O9. The van der Waals surface area contributed by atoms with E-state index in [1.165, 1.54) is 0 Å². The molecular weight excluding hydrogens is 396 g/mol. The number of hydrogen-bond acceptors (Lipinski definition) is 9. The molecule has 0 aromatic heterocycles. The standard InChI is InChI=1S/C6H14O3.3C5H8O2/c1-2-6(3-7,4-8)5-9;3*1-3-5(6)7-4-2/h7-9H,2-5H2,1H3;3*3H,1,4H2,2H3. The molecule has 0 saturated heterocycles. The molecule has 3 N–H and O–H groups in total. The number of ether oxygens (including phenoxy) is 3. The Hall–Kier alpha value is -2.49. The van der Waals surface area contributed by atoms with Gasteiger partial charge in [-0.3, -0.25) is 0 Å². The Kier molecular flexibility index (Phi) is 30.9. The minimum absolute atomic E-state index is 0.156. The summed E-state index contributed by atoms with van der Waals surface area (Å²) in [7, 11) is 0. The smallest absolute Gasteiger partial charge is 0.330 e. The monoisotopic (exact) mass is 434 g/mol. The van der Waals surface area contributed by atoms with Gasteiger partial charge in [-0.15, -0.1) is 0 Å². The normalized spacial score (nSPS) is 8.90. The number of esters is 3. The maximum atomic E-state index is 10.1. The molecule has 0 atom stereocenters. The quantitative estimate of drug-likeness (QED) is 0.265. The van der Waals surface area contributed by atoms with E-state index >= 15 is 0 Å². The largest absolute Gasteiger partial charge is 0.463 e. The van der Waals surface area contributed by atoms with Crippen LogP contribution in [0.15, 0.2) is 38.0 Å². The van der Waals surface area contributed by atoms with Crippen LogP contribution in [0.25, 0.3) is 0 Å². The van der Waals surface area contributed by atoms with Crippen molar-refractivity contribution < 1.29 is 43.9 Å². The zero-order chi connectivity index (χ0) is 24.4. The third kappa shape index (κ3) is 25.5. The first-order valence-electron chi connectivity index (χ1n) is 9.37. The van der Waals surface area contributed by atoms with Crippen LogP contribution >= 0.6 is 0 Å². The van der Waals surface area contributed by atoms with Crippen LogP contribution < -0.4 is 0 Å². The van der Waals surface area contributed by atoms with E-state index < -0.39 is 5.41 Å². The molecule has 30 heavy (non-hydrogen) atoms. The Labute approximate surface area is 179 Å². The van der Waals surface area contributed by atoms with Crippen LogP contribution in [0.2, 0.25) is 0 Å². The molecule has 0 aliphatic rings. The number of aliphatic hydroxyl groups is 3. The van der Waals surface area contributed by atoms with Gasteiger partial charge in [0.2, 0.25) is 0 Å². The molecule has 0 aliphatic carbocycles. The fourth-order valence-corrected chi connectivity index (χ4v) is 1.09. The first-order chi connectivity index (χ1) is 14.2. The Balaban J connectivity index is -0.000000151. The van der Waals surface area contributed by atoms with Gasteiger partial charge in [0.1, 0.15) is 0 Å². The summed E-state index contributed by atoms with van der Waals surface area (Å²) < 4.78 is 13.3. The first kappa shape index (κ1) is 35.0. The second kappa shape index (κ2) is 26.5. The van der Waals surface area contributed by atoms with Gasteiger partial charge in [-0.1, -0.05) is 26.7 Å². The van der Waals surface area contributed by atoms with Crippen LogP contribution in [0.5, 0.6) is 0 Å². The predicted molar refractivity (Wildman–Crippen MR) is 114 cm³/mol. The average Bonchev–Trinajstić information content (AvgIpc) is 2.77. The van der Waals surface area contributed by atoms with E-state index in [4.69, 9.17) is 15.3 Å². The van der Waals surface area contributed by atoms with Crippen LogP contribution in [0.1, 0.15) is 34.1 Å². The molecule has 0 aliphatic heterocycles. The van der Waals surface area contributed by atoms with E-state index in [0.717, 1.165) is 18.2 Å². The molecule has 0 spiro atoms. The van der Waals surface area contributed by atoms with Gasteiger partial charge in [-0.25, -0.2) is 14.4 Å². The van der Waals surface area contributed by atoms with Gasteiger partial charge in [-0.2, -0.15) is 0 Å². The molecule has 0 saturated carbocycles. The summed E-state index contributed by atoms with van der Waals surface area (Å²) in [4.78, 5) is 30.2. The van der Waals surface area contributed by atoms with Gasteiger partial charge in [0.05, 0.1) is 39.6 Å². The van der Waals surface area contributed by atoms with Crippen LogP contribution in [-0.4, -0.2) is 72.9 Å². The highest BCUT2D eigenvalue weighted by atomic mass is 16.5. The highest BCUT2D eigenvalue weighted by Gasteiger charge is 2.24. The third-order valence-corrected chi connectivity index (χ3v) is 3.12. The van der Waals surface area contributed by atoms with E-state index in [0.29, 0.717) is 26.2 Å². The molecule has 0 aromatic rings. The molecule has 0 bridgehead atoms. The molecule has 0 radical (unpaired) electrons. The molecule has 176 valence electrons. The van der Waals surface area contributed by atoms with E-state index in [9.17, 15) is 14.4 Å². The van der Waals surface area contributed by atoms with Crippen molar-refractivity contribution in [2.45, 2.75) is 34.1 Å². The second-order valence-corrected chi connectivity index (χ2v) is 5.20. The summed E-state index contributed by atoms with van der Waals surface area (Å²) in [5.74, 6) is -1.08. The summed E-state index contributed by atoms with van der Waals surface area (Å²) in [5.41, 5.74) is -0.667. The molecule has 0 amide bonds. The first-order valence-corrected chi connectivity index (χ1v) is 9.37. The van der Waals surface area contributed by atoms with E-state index in [2.05, 4.69) is 33.9 Å². The predicted octanol–water partition coefficient (Wildman–Crippen LogP) is 1.57. The van der Waals surface area contributed by atoms with Gasteiger partial charge in [0.25, 0.3) is 0 Å². The van der Waals surface area contributed by atoms with Crippen molar-refractivity contribution in [1.82, 2.24) is 0 Å². The zero-order valence-electron chi connectivity index (χ0n) is 18.6. The topological polar surface area (TPSA) is 140 Å². The summed E-state index contributed by atoms with van der Waals surface area (Å²) in [6.45, 7) is 17.5. The van der Waals surface area contributed by atoms with Gasteiger partial charge >= 0.3 is 17.9 Å². The van der Waals surface area contributed by atoms with Crippen LogP contribution in [0.4, 0.5) is 0 Å². The molecule has 0 fully saturated rings. The SMILES string of the molecule is C=CC(=O)OCC.C=CC(=O)OCC.C=CC(=O)OCC.CCC(CO)(CO)CO. The lowest BCUT2D eigenvalue weighted by Crippen LogP contribution is -2.32. The molecule has 0 aromatic carbocycles. The lowest BCUT2D eigenvalue weighted by Gasteiger charge is -2.24. The van der Waals surface area contributed by atoms with Crippen LogP contribution in [-0.2, 0) is 28.6 Å². The van der Waals surface area contributed by atoms with Gasteiger partial charge < -0.3 is 29.5 Å². The number of rotatable bonds is 10. The van der Waals surface area contributed by atoms with Crippen molar-refractivity contribution in [2.75, 3.05) is 39.6 Å². The zero-order valence-corrected chi connectivity index (χ0v) is 18.6. The lowest BCUT2D eigenvalue weighted by atomic mass is 9.88. The Morgan fingerprint density at radius 1 is 0.667 bits per heavy atom. The number of carbonyl (C=O) groups excluding carboxylic acids is 3. The molecule has 0 unspecified atom stereocenters. The Morgan fingerprint density at radius 2 is 0.900 bits per heavy atom. The highest BCUT2D eigenvalue weighted by Crippen LogP contribution is 2.18. The van der Waals surface area contributed by atoms with Crippen molar-refractivity contribution in [2.24, 2.45) is 5.41 Å². The summed E-state index contributed by atoms with van der Waals surface area (Å²) in [6.07, 6.45) is 4.02. The molecule has 9 nitrogen and oxygen atoms in total. The summed E-state index contributed by atoms with van der Waals surface area (Å²) >= 11 is 0. The Bertz CT molecular complexity index is 399. The summed E-state index contributed by atoms with van der Waals surface area (Å²) in [6, 6.07) is 0. The number of carbonyl (C=O) groups is 3. The number of hydrogen-bond donors (Lipinski definition) is 3. The van der Waals surface area contributed by atoms with Gasteiger partial charge in [-0.05, 0) is 27.2 Å². The van der Waals surface area contributed by atoms with Crippen molar-refractivity contribution >= 4 is 17.9 Å². The van der Waals surface area contributed by atoms with E-state index in [1.807, 2.05) is 6.92 Å². The number of aliphatic hydroxyl groups excluding tert-OH is 3. The van der Waals surface area contributed by atoms with E-state index in [1.54, 1.807) is 20.8 Å². The fourth-order valence-electron chi connectivity index (χ4n) is 1.09. The summed E-state index contributed by atoms with van der Waals surface area (Å²) in [5, 5.41) is 26.0. The molecule has 0 rings (SSSR count). The third-order valence-electron chi connectivity index (χ3n) is 3.12. The van der Waals surface area contributed by atoms with Crippen molar-refractivity contribution in [3.8, 4) is 0 Å². The van der Waals surface area contributed by atoms with Gasteiger partial charge in [0, 0.05) is 23.6 Å². The van der Waals surface area contributed by atoms with Crippen molar-refractivity contribution in [3.05, 3.63) is 38.0 Å². The lowest BCUT2D eigenvalue weighted by molar-refractivity contribution is -0.138. The van der Waals surface area contributed by atoms with E-state index in [-0.39, 0.29) is 37.7 Å².